The molecule has 21 heavy (non-hydrogen) atoms. The van der Waals surface area contributed by atoms with Gasteiger partial charge in [0, 0.05) is 24.2 Å². The van der Waals surface area contributed by atoms with Gasteiger partial charge in [0.05, 0.1) is 6.54 Å². The summed E-state index contributed by atoms with van der Waals surface area (Å²) in [6.45, 7) is 6.25. The third kappa shape index (κ3) is 4.59. The van der Waals surface area contributed by atoms with Crippen molar-refractivity contribution in [1.82, 2.24) is 10.2 Å². The third-order valence-corrected chi connectivity index (χ3v) is 3.73. The molecule has 1 aromatic rings. The van der Waals surface area contributed by atoms with Crippen molar-refractivity contribution in [3.8, 4) is 11.8 Å². The minimum atomic E-state index is -0.0179. The van der Waals surface area contributed by atoms with Gasteiger partial charge in [0.15, 0.2) is 0 Å². The zero-order valence-corrected chi connectivity index (χ0v) is 12.6. The third-order valence-electron chi connectivity index (χ3n) is 3.73. The maximum absolute atomic E-state index is 12.1. The molecule has 1 aromatic carbocycles. The van der Waals surface area contributed by atoms with Gasteiger partial charge in [-0.05, 0) is 56.6 Å². The van der Waals surface area contributed by atoms with Crippen LogP contribution in [0.15, 0.2) is 18.2 Å². The lowest BCUT2D eigenvalue weighted by molar-refractivity contribution is 0.0949. The van der Waals surface area contributed by atoms with Gasteiger partial charge in [0.2, 0.25) is 0 Å². The molecule has 1 aliphatic rings. The maximum Gasteiger partial charge on any atom is 0.251 e. The first kappa shape index (κ1) is 15.6. The van der Waals surface area contributed by atoms with Gasteiger partial charge in [0.1, 0.15) is 0 Å². The summed E-state index contributed by atoms with van der Waals surface area (Å²) in [7, 11) is 0. The Morgan fingerprint density at radius 2 is 2.14 bits per heavy atom. The number of carbonyl (C=O) groups is 1. The van der Waals surface area contributed by atoms with E-state index in [1.807, 2.05) is 25.1 Å². The summed E-state index contributed by atoms with van der Waals surface area (Å²) in [6.07, 6.45) is 2.55. The minimum absolute atomic E-state index is 0.0179. The van der Waals surface area contributed by atoms with Crippen LogP contribution in [0.5, 0.6) is 0 Å². The number of nitrogens with two attached hydrogens (primary N) is 1. The van der Waals surface area contributed by atoms with Crippen LogP contribution < -0.4 is 11.1 Å². The molecule has 1 fully saturated rings. The Bertz CT molecular complexity index is 551. The van der Waals surface area contributed by atoms with Crippen molar-refractivity contribution >= 4 is 5.91 Å². The van der Waals surface area contributed by atoms with E-state index < -0.39 is 0 Å². The average molecular weight is 285 g/mol. The zero-order chi connectivity index (χ0) is 15.1. The molecule has 1 saturated heterocycles. The van der Waals surface area contributed by atoms with Crippen molar-refractivity contribution in [2.24, 2.45) is 5.73 Å². The molecule has 0 aromatic heterocycles. The van der Waals surface area contributed by atoms with Crippen molar-refractivity contribution < 1.29 is 4.79 Å². The van der Waals surface area contributed by atoms with Crippen molar-refractivity contribution in [2.45, 2.75) is 19.8 Å². The second-order valence-electron chi connectivity index (χ2n) is 5.34. The molecular formula is C17H23N3O. The summed E-state index contributed by atoms with van der Waals surface area (Å²) < 4.78 is 0. The number of nitrogens with zero attached hydrogens (tertiary/aromatic N) is 1. The summed E-state index contributed by atoms with van der Waals surface area (Å²) in [5.41, 5.74) is 7.98. The lowest BCUT2D eigenvalue weighted by Crippen LogP contribution is -2.33. The molecule has 1 aliphatic heterocycles. The van der Waals surface area contributed by atoms with E-state index in [4.69, 9.17) is 5.73 Å². The van der Waals surface area contributed by atoms with Crippen molar-refractivity contribution in [2.75, 3.05) is 32.7 Å². The number of rotatable bonds is 4. The second kappa shape index (κ2) is 7.82. The highest BCUT2D eigenvalue weighted by molar-refractivity contribution is 5.94. The highest BCUT2D eigenvalue weighted by Crippen LogP contribution is 2.10. The summed E-state index contributed by atoms with van der Waals surface area (Å²) >= 11 is 0. The monoisotopic (exact) mass is 285 g/mol. The molecule has 0 bridgehead atoms. The van der Waals surface area contributed by atoms with Crippen molar-refractivity contribution in [3.05, 3.63) is 34.9 Å². The predicted octanol–water partition coefficient (Wildman–Crippen LogP) is 1.13. The Morgan fingerprint density at radius 3 is 2.81 bits per heavy atom. The van der Waals surface area contributed by atoms with Crippen LogP contribution in [0.4, 0.5) is 0 Å². The molecule has 4 heteroatoms. The normalized spacial score (nSPS) is 14.6. The predicted molar refractivity (Wildman–Crippen MR) is 85.1 cm³/mol. The zero-order valence-electron chi connectivity index (χ0n) is 12.6. The van der Waals surface area contributed by atoms with E-state index in [-0.39, 0.29) is 5.91 Å². The fourth-order valence-corrected chi connectivity index (χ4v) is 2.53. The van der Waals surface area contributed by atoms with Crippen LogP contribution in [-0.4, -0.2) is 43.5 Å². The second-order valence-corrected chi connectivity index (χ2v) is 5.34. The Balaban J connectivity index is 1.88. The maximum atomic E-state index is 12.1. The summed E-state index contributed by atoms with van der Waals surface area (Å²) in [5, 5.41) is 2.98. The Hall–Kier alpha value is -1.83. The fourth-order valence-electron chi connectivity index (χ4n) is 2.53. The average Bonchev–Trinajstić information content (AvgIpc) is 2.99. The molecule has 3 N–H and O–H groups in total. The number of amides is 1. The molecule has 4 nitrogen and oxygen atoms in total. The molecule has 1 amide bonds. The molecule has 0 unspecified atom stereocenters. The number of likely N-dealkylation sites (tertiary alicyclic amines) is 1. The van der Waals surface area contributed by atoms with Crippen LogP contribution in [-0.2, 0) is 0 Å². The smallest absolute Gasteiger partial charge is 0.251 e. The number of carbonyl (C=O) groups excluding carboxylic acids is 1. The molecule has 2 rings (SSSR count). The van der Waals surface area contributed by atoms with Crippen molar-refractivity contribution in [3.63, 3.8) is 0 Å². The Kier molecular flexibility index (Phi) is 5.79. The standard InChI is InChI=1S/C17H23N3O/c1-14-13-16(7-6-15(14)5-4-8-18)17(21)19-9-12-20-10-2-3-11-20/h6-7,13H,2-3,8-12,18H2,1H3,(H,19,21). The van der Waals surface area contributed by atoms with E-state index >= 15 is 0 Å². The number of hydrogen-bond donors (Lipinski definition) is 2. The molecule has 0 atom stereocenters. The van der Waals surface area contributed by atoms with Gasteiger partial charge < -0.3 is 16.0 Å². The minimum Gasteiger partial charge on any atom is -0.351 e. The van der Waals surface area contributed by atoms with Gasteiger partial charge in [0.25, 0.3) is 5.91 Å². The topological polar surface area (TPSA) is 58.4 Å². The quantitative estimate of drug-likeness (QED) is 0.815. The van der Waals surface area contributed by atoms with Crippen LogP contribution in [0.3, 0.4) is 0 Å². The van der Waals surface area contributed by atoms with Gasteiger partial charge in [-0.3, -0.25) is 4.79 Å². The van der Waals surface area contributed by atoms with Crippen LogP contribution in [0.1, 0.15) is 34.3 Å². The number of benzene rings is 1. The van der Waals surface area contributed by atoms with Gasteiger partial charge in [-0.1, -0.05) is 11.8 Å². The van der Waals surface area contributed by atoms with Crippen LogP contribution in [0.2, 0.25) is 0 Å². The van der Waals surface area contributed by atoms with E-state index in [0.717, 1.165) is 30.8 Å². The van der Waals surface area contributed by atoms with E-state index in [1.54, 1.807) is 0 Å². The van der Waals surface area contributed by atoms with E-state index in [2.05, 4.69) is 22.1 Å². The number of nitrogens with one attached hydrogen (secondary N) is 1. The SMILES string of the molecule is Cc1cc(C(=O)NCCN2CCCC2)ccc1C#CCN. The highest BCUT2D eigenvalue weighted by Gasteiger charge is 2.12. The van der Waals surface area contributed by atoms with Crippen LogP contribution >= 0.6 is 0 Å². The molecule has 1 heterocycles. The summed E-state index contributed by atoms with van der Waals surface area (Å²) in [5.74, 6) is 5.82. The first-order valence-electron chi connectivity index (χ1n) is 7.51. The molecule has 112 valence electrons. The highest BCUT2D eigenvalue weighted by atomic mass is 16.1. The molecular weight excluding hydrogens is 262 g/mol. The van der Waals surface area contributed by atoms with E-state index in [1.165, 1.54) is 12.8 Å². The van der Waals surface area contributed by atoms with E-state index in [0.29, 0.717) is 18.7 Å². The van der Waals surface area contributed by atoms with Crippen molar-refractivity contribution in [1.29, 1.82) is 0 Å². The number of hydrogen-bond acceptors (Lipinski definition) is 3. The van der Waals surface area contributed by atoms with Gasteiger partial charge in [-0.15, -0.1) is 0 Å². The van der Waals surface area contributed by atoms with Gasteiger partial charge in [-0.2, -0.15) is 0 Å². The van der Waals surface area contributed by atoms with E-state index in [9.17, 15) is 4.79 Å². The lowest BCUT2D eigenvalue weighted by atomic mass is 10.0. The van der Waals surface area contributed by atoms with Crippen LogP contribution in [0, 0.1) is 18.8 Å². The van der Waals surface area contributed by atoms with Crippen LogP contribution in [0.25, 0.3) is 0 Å². The largest absolute Gasteiger partial charge is 0.351 e. The van der Waals surface area contributed by atoms with Gasteiger partial charge >= 0.3 is 0 Å². The molecule has 0 spiro atoms. The first-order chi connectivity index (χ1) is 10.2. The Labute approximate surface area is 126 Å². The number of aryl methyl sites for hydroxylation is 1. The first-order valence-corrected chi connectivity index (χ1v) is 7.51. The molecule has 0 aliphatic carbocycles. The summed E-state index contributed by atoms with van der Waals surface area (Å²) in [4.78, 5) is 14.5. The summed E-state index contributed by atoms with van der Waals surface area (Å²) in [6, 6.07) is 5.58. The lowest BCUT2D eigenvalue weighted by Gasteiger charge is -2.14. The molecule has 0 radical (unpaired) electrons. The Morgan fingerprint density at radius 1 is 1.38 bits per heavy atom. The molecule has 0 saturated carbocycles. The fraction of sp³-hybridized carbons (Fsp3) is 0.471. The van der Waals surface area contributed by atoms with Gasteiger partial charge in [-0.25, -0.2) is 0 Å².